The van der Waals surface area contributed by atoms with E-state index < -0.39 is 61.1 Å². The summed E-state index contributed by atoms with van der Waals surface area (Å²) >= 11 is 0. The molecule has 0 fully saturated rings. The normalized spacial score (nSPS) is 15.0. The molecular formula is C18H35N5O7. The van der Waals surface area contributed by atoms with Crippen LogP contribution in [0.3, 0.4) is 0 Å². The molecule has 174 valence electrons. The molecular weight excluding hydrogens is 398 g/mol. The van der Waals surface area contributed by atoms with Crippen molar-refractivity contribution in [3.05, 3.63) is 0 Å². The van der Waals surface area contributed by atoms with E-state index in [2.05, 4.69) is 16.0 Å². The molecule has 0 spiro atoms. The second kappa shape index (κ2) is 14.7. The van der Waals surface area contributed by atoms with Crippen LogP contribution in [0.4, 0.5) is 0 Å². The minimum atomic E-state index is -1.41. The topological polar surface area (TPSA) is 217 Å². The van der Waals surface area contributed by atoms with E-state index in [1.165, 1.54) is 0 Å². The lowest BCUT2D eigenvalue weighted by atomic mass is 10.0. The highest BCUT2D eigenvalue weighted by atomic mass is 16.4. The maximum absolute atomic E-state index is 12.6. The number of rotatable bonds is 15. The molecule has 0 radical (unpaired) electrons. The largest absolute Gasteiger partial charge is 0.480 e. The highest BCUT2D eigenvalue weighted by molar-refractivity contribution is 5.94. The van der Waals surface area contributed by atoms with Crippen molar-refractivity contribution in [2.75, 3.05) is 19.8 Å². The number of carbonyl (C=O) groups is 4. The van der Waals surface area contributed by atoms with Gasteiger partial charge in [0.2, 0.25) is 17.7 Å². The smallest absolute Gasteiger partial charge is 0.326 e. The van der Waals surface area contributed by atoms with Crippen LogP contribution < -0.4 is 27.4 Å². The lowest BCUT2D eigenvalue weighted by Gasteiger charge is -2.24. The van der Waals surface area contributed by atoms with Gasteiger partial charge in [-0.05, 0) is 38.1 Å². The number of amides is 3. The average Bonchev–Trinajstić information content (AvgIpc) is 2.69. The molecule has 0 heterocycles. The number of hydrogen-bond acceptors (Lipinski definition) is 8. The van der Waals surface area contributed by atoms with Gasteiger partial charge in [-0.2, -0.15) is 0 Å². The maximum Gasteiger partial charge on any atom is 0.326 e. The number of nitrogens with two attached hydrogens (primary N) is 2. The van der Waals surface area contributed by atoms with Gasteiger partial charge < -0.3 is 42.7 Å². The van der Waals surface area contributed by atoms with Crippen LogP contribution >= 0.6 is 0 Å². The first-order valence-electron chi connectivity index (χ1n) is 9.88. The Balaban J connectivity index is 5.17. The molecule has 12 nitrogen and oxygen atoms in total. The van der Waals surface area contributed by atoms with E-state index in [0.29, 0.717) is 19.4 Å². The van der Waals surface area contributed by atoms with Gasteiger partial charge in [-0.25, -0.2) is 4.79 Å². The number of aliphatic hydroxyl groups is 2. The number of carboxylic acids is 1. The summed E-state index contributed by atoms with van der Waals surface area (Å²) in [6, 6.07) is -4.88. The van der Waals surface area contributed by atoms with Crippen molar-refractivity contribution in [3.63, 3.8) is 0 Å². The van der Waals surface area contributed by atoms with E-state index in [0.717, 1.165) is 0 Å². The molecule has 10 N–H and O–H groups in total. The summed E-state index contributed by atoms with van der Waals surface area (Å²) in [5.41, 5.74) is 10.9. The van der Waals surface area contributed by atoms with E-state index >= 15 is 0 Å². The molecule has 0 aliphatic rings. The lowest BCUT2D eigenvalue weighted by molar-refractivity contribution is -0.143. The highest BCUT2D eigenvalue weighted by Gasteiger charge is 2.30. The van der Waals surface area contributed by atoms with Gasteiger partial charge in [0.1, 0.15) is 24.2 Å². The number of carbonyl (C=O) groups excluding carboxylic acids is 3. The molecule has 3 amide bonds. The second-order valence-corrected chi connectivity index (χ2v) is 7.41. The molecule has 0 saturated heterocycles. The van der Waals surface area contributed by atoms with Crippen LogP contribution in [0.25, 0.3) is 0 Å². The van der Waals surface area contributed by atoms with E-state index in [1.54, 1.807) is 13.8 Å². The first-order valence-corrected chi connectivity index (χ1v) is 9.88. The van der Waals surface area contributed by atoms with Gasteiger partial charge in [0.15, 0.2) is 0 Å². The minimum Gasteiger partial charge on any atom is -0.480 e. The molecule has 30 heavy (non-hydrogen) atoms. The highest BCUT2D eigenvalue weighted by Crippen LogP contribution is 2.06. The standard InChI is InChI=1S/C18H35N5O7/c1-10(2)7-13(18(29)30)22-17(28)14(9-25)23-16(27)12(5-3-4-6-19)21-15(26)11(20)8-24/h10-14,24-25H,3-9,19-20H2,1-2H3,(H,21,26)(H,22,28)(H,23,27)(H,29,30). The van der Waals surface area contributed by atoms with Crippen LogP contribution in [0, 0.1) is 5.92 Å². The Morgan fingerprint density at radius 1 is 0.833 bits per heavy atom. The lowest BCUT2D eigenvalue weighted by Crippen LogP contribution is -2.58. The van der Waals surface area contributed by atoms with E-state index in [9.17, 15) is 29.4 Å². The fourth-order valence-electron chi connectivity index (χ4n) is 2.55. The van der Waals surface area contributed by atoms with Crippen LogP contribution in [0.5, 0.6) is 0 Å². The fourth-order valence-corrected chi connectivity index (χ4v) is 2.55. The Morgan fingerprint density at radius 2 is 1.37 bits per heavy atom. The fraction of sp³-hybridized carbons (Fsp3) is 0.778. The molecule has 4 atom stereocenters. The third-order valence-electron chi connectivity index (χ3n) is 4.25. The zero-order valence-electron chi connectivity index (χ0n) is 17.5. The summed E-state index contributed by atoms with van der Waals surface area (Å²) in [6.45, 7) is 2.58. The first-order chi connectivity index (χ1) is 14.1. The van der Waals surface area contributed by atoms with Crippen molar-refractivity contribution < 1.29 is 34.5 Å². The number of carboxylic acid groups (broad SMARTS) is 1. The van der Waals surface area contributed by atoms with E-state index in [1.807, 2.05) is 0 Å². The molecule has 0 saturated carbocycles. The van der Waals surface area contributed by atoms with Crippen LogP contribution in [0.15, 0.2) is 0 Å². The Bertz CT molecular complexity index is 573. The molecule has 0 aromatic carbocycles. The molecule has 4 unspecified atom stereocenters. The van der Waals surface area contributed by atoms with Gasteiger partial charge >= 0.3 is 5.97 Å². The molecule has 0 rings (SSSR count). The third kappa shape index (κ3) is 10.5. The zero-order chi connectivity index (χ0) is 23.3. The molecule has 0 aromatic rings. The molecule has 0 aliphatic heterocycles. The third-order valence-corrected chi connectivity index (χ3v) is 4.25. The van der Waals surface area contributed by atoms with Gasteiger partial charge in [-0.1, -0.05) is 13.8 Å². The van der Waals surface area contributed by atoms with E-state index in [4.69, 9.17) is 16.6 Å². The van der Waals surface area contributed by atoms with Crippen LogP contribution in [-0.2, 0) is 19.2 Å². The number of aliphatic hydroxyl groups excluding tert-OH is 2. The summed E-state index contributed by atoms with van der Waals surface area (Å²) in [5.74, 6) is -3.61. The summed E-state index contributed by atoms with van der Waals surface area (Å²) in [6.07, 6.45) is 1.45. The average molecular weight is 434 g/mol. The molecule has 0 bridgehead atoms. The summed E-state index contributed by atoms with van der Waals surface area (Å²) in [5, 5.41) is 34.7. The Kier molecular flexibility index (Phi) is 13.5. The van der Waals surface area contributed by atoms with Crippen LogP contribution in [-0.4, -0.2) is 82.9 Å². The van der Waals surface area contributed by atoms with Gasteiger partial charge in [0.05, 0.1) is 13.2 Å². The van der Waals surface area contributed by atoms with Gasteiger partial charge in [-0.3, -0.25) is 14.4 Å². The van der Waals surface area contributed by atoms with Crippen molar-refractivity contribution in [1.82, 2.24) is 16.0 Å². The van der Waals surface area contributed by atoms with Crippen molar-refractivity contribution in [1.29, 1.82) is 0 Å². The predicted octanol–water partition coefficient (Wildman–Crippen LogP) is -2.99. The van der Waals surface area contributed by atoms with E-state index in [-0.39, 0.29) is 18.8 Å². The van der Waals surface area contributed by atoms with Crippen LogP contribution in [0.2, 0.25) is 0 Å². The van der Waals surface area contributed by atoms with Crippen molar-refractivity contribution in [2.24, 2.45) is 17.4 Å². The second-order valence-electron chi connectivity index (χ2n) is 7.41. The molecule has 0 aromatic heterocycles. The van der Waals surface area contributed by atoms with Gasteiger partial charge in [0.25, 0.3) is 0 Å². The minimum absolute atomic E-state index is 0.00793. The van der Waals surface area contributed by atoms with Gasteiger partial charge in [-0.15, -0.1) is 0 Å². The Labute approximate surface area is 175 Å². The number of unbranched alkanes of at least 4 members (excludes halogenated alkanes) is 1. The number of nitrogens with one attached hydrogen (secondary N) is 3. The zero-order valence-corrected chi connectivity index (χ0v) is 17.5. The molecule has 0 aliphatic carbocycles. The Hall–Kier alpha value is -2.28. The number of aliphatic carboxylic acids is 1. The van der Waals surface area contributed by atoms with Crippen molar-refractivity contribution >= 4 is 23.7 Å². The monoisotopic (exact) mass is 433 g/mol. The summed E-state index contributed by atoms with van der Waals surface area (Å²) < 4.78 is 0. The summed E-state index contributed by atoms with van der Waals surface area (Å²) in [7, 11) is 0. The Morgan fingerprint density at radius 3 is 1.83 bits per heavy atom. The molecule has 12 heteroatoms. The SMILES string of the molecule is CC(C)CC(NC(=O)C(CO)NC(=O)C(CCCCN)NC(=O)C(N)CO)C(=O)O. The summed E-state index contributed by atoms with van der Waals surface area (Å²) in [4.78, 5) is 48.2. The van der Waals surface area contributed by atoms with Crippen molar-refractivity contribution in [2.45, 2.75) is 63.7 Å². The first kappa shape index (κ1) is 27.7. The predicted molar refractivity (Wildman–Crippen MR) is 108 cm³/mol. The van der Waals surface area contributed by atoms with Crippen LogP contribution in [0.1, 0.15) is 39.5 Å². The number of hydrogen-bond donors (Lipinski definition) is 8. The van der Waals surface area contributed by atoms with Crippen molar-refractivity contribution in [3.8, 4) is 0 Å². The maximum atomic E-state index is 12.6. The van der Waals surface area contributed by atoms with Gasteiger partial charge in [0, 0.05) is 0 Å². The quantitative estimate of drug-likeness (QED) is 0.123.